The van der Waals surface area contributed by atoms with Crippen LogP contribution in [0.1, 0.15) is 37.0 Å². The maximum absolute atomic E-state index is 12.6. The molecule has 1 atom stereocenters. The van der Waals surface area contributed by atoms with Gasteiger partial charge in [-0.1, -0.05) is 13.8 Å². The molecule has 0 spiro atoms. The fraction of sp³-hybridized carbons (Fsp3) is 0.500. The third-order valence-corrected chi connectivity index (χ3v) is 5.42. The first-order chi connectivity index (χ1) is 12.0. The molecule has 2 aliphatic rings. The maximum Gasteiger partial charge on any atom is 0.338 e. The first-order valence-corrected chi connectivity index (χ1v) is 9.50. The van der Waals surface area contributed by atoms with Crippen molar-refractivity contribution in [3.8, 4) is 0 Å². The number of esters is 1. The number of amides is 2. The molecule has 1 fully saturated rings. The summed E-state index contributed by atoms with van der Waals surface area (Å²) in [6.45, 7) is 5.19. The second-order valence-electron chi connectivity index (χ2n) is 6.65. The maximum atomic E-state index is 12.6. The molecule has 0 radical (unpaired) electrons. The average molecular weight is 362 g/mol. The number of carbonyl (C=O) groups excluding carboxylic acids is 3. The summed E-state index contributed by atoms with van der Waals surface area (Å²) in [5, 5.41) is 2.76. The molecule has 2 amide bonds. The Morgan fingerprint density at radius 1 is 1.24 bits per heavy atom. The number of ether oxygens (including phenoxy) is 1. The molecule has 2 heterocycles. The molecular formula is C18H22N2O4S. The van der Waals surface area contributed by atoms with E-state index < -0.39 is 12.1 Å². The lowest BCUT2D eigenvalue weighted by atomic mass is 10.1. The van der Waals surface area contributed by atoms with E-state index in [2.05, 4.69) is 5.32 Å². The second-order valence-corrected chi connectivity index (χ2v) is 7.67. The molecule has 25 heavy (non-hydrogen) atoms. The Morgan fingerprint density at radius 3 is 2.64 bits per heavy atom. The number of likely N-dealkylation sites (tertiary alicyclic amines) is 1. The molecule has 1 saturated heterocycles. The fourth-order valence-corrected chi connectivity index (χ4v) is 3.77. The average Bonchev–Trinajstić information content (AvgIpc) is 3.12. The van der Waals surface area contributed by atoms with E-state index >= 15 is 0 Å². The minimum Gasteiger partial charge on any atom is -0.448 e. The van der Waals surface area contributed by atoms with Crippen molar-refractivity contribution < 1.29 is 19.1 Å². The van der Waals surface area contributed by atoms with Crippen LogP contribution in [-0.4, -0.2) is 47.6 Å². The van der Waals surface area contributed by atoms with Crippen LogP contribution in [0.15, 0.2) is 23.1 Å². The van der Waals surface area contributed by atoms with Gasteiger partial charge in [-0.15, -0.1) is 11.8 Å². The smallest absolute Gasteiger partial charge is 0.338 e. The second kappa shape index (κ2) is 7.47. The van der Waals surface area contributed by atoms with Gasteiger partial charge in [0.15, 0.2) is 6.10 Å². The number of nitrogens with one attached hydrogen (secondary N) is 1. The highest BCUT2D eigenvalue weighted by atomic mass is 32.2. The summed E-state index contributed by atoms with van der Waals surface area (Å²) in [5.41, 5.74) is 0.948. The van der Waals surface area contributed by atoms with E-state index in [1.807, 2.05) is 13.8 Å². The molecule has 1 unspecified atom stereocenters. The number of hydrogen-bond donors (Lipinski definition) is 1. The quantitative estimate of drug-likeness (QED) is 0.833. The van der Waals surface area contributed by atoms with Gasteiger partial charge in [-0.2, -0.15) is 0 Å². The predicted molar refractivity (Wildman–Crippen MR) is 95.7 cm³/mol. The van der Waals surface area contributed by atoms with Gasteiger partial charge in [-0.3, -0.25) is 9.59 Å². The molecule has 1 aromatic rings. The highest BCUT2D eigenvalue weighted by Gasteiger charge is 2.32. The van der Waals surface area contributed by atoms with Gasteiger partial charge in [0.25, 0.3) is 5.91 Å². The lowest BCUT2D eigenvalue weighted by Gasteiger charge is -2.26. The van der Waals surface area contributed by atoms with Crippen molar-refractivity contribution in [3.05, 3.63) is 23.8 Å². The molecule has 1 N–H and O–H groups in total. The summed E-state index contributed by atoms with van der Waals surface area (Å²) in [6.07, 6.45) is 1.20. The van der Waals surface area contributed by atoms with Crippen LogP contribution in [0.5, 0.6) is 0 Å². The lowest BCUT2D eigenvalue weighted by molar-refractivity contribution is -0.141. The standard InChI is InChI=1S/C18H22N2O4S/c1-11(2)16(17(22)20-7-3-4-8-20)24-18(23)12-5-6-14-13(9-12)19-15(21)10-25-14/h5-6,9,11,16H,3-4,7-8,10H2,1-2H3,(H,19,21). The molecule has 6 nitrogen and oxygen atoms in total. The highest BCUT2D eigenvalue weighted by Crippen LogP contribution is 2.32. The zero-order chi connectivity index (χ0) is 18.0. The Bertz CT molecular complexity index is 698. The van der Waals surface area contributed by atoms with Crippen molar-refractivity contribution in [1.29, 1.82) is 0 Å². The Kier molecular flexibility index (Phi) is 5.32. The lowest BCUT2D eigenvalue weighted by Crippen LogP contribution is -2.42. The van der Waals surface area contributed by atoms with E-state index in [4.69, 9.17) is 4.74 Å². The summed E-state index contributed by atoms with van der Waals surface area (Å²) in [5.74, 6) is -0.491. The van der Waals surface area contributed by atoms with Crippen molar-refractivity contribution in [2.24, 2.45) is 5.92 Å². The zero-order valence-electron chi connectivity index (χ0n) is 14.4. The molecule has 0 saturated carbocycles. The highest BCUT2D eigenvalue weighted by molar-refractivity contribution is 8.00. The van der Waals surface area contributed by atoms with Crippen LogP contribution >= 0.6 is 11.8 Å². The Labute approximate surface area is 151 Å². The first kappa shape index (κ1) is 17.8. The van der Waals surface area contributed by atoms with Crippen LogP contribution in [0.3, 0.4) is 0 Å². The largest absolute Gasteiger partial charge is 0.448 e. The third-order valence-electron chi connectivity index (χ3n) is 4.35. The zero-order valence-corrected chi connectivity index (χ0v) is 15.2. The Hall–Kier alpha value is -2.02. The Balaban J connectivity index is 1.74. The van der Waals surface area contributed by atoms with Crippen LogP contribution in [0.4, 0.5) is 5.69 Å². The molecule has 0 aromatic heterocycles. The van der Waals surface area contributed by atoms with E-state index in [9.17, 15) is 14.4 Å². The molecule has 0 aliphatic carbocycles. The van der Waals surface area contributed by atoms with E-state index in [-0.39, 0.29) is 17.7 Å². The van der Waals surface area contributed by atoms with Crippen LogP contribution in [-0.2, 0) is 14.3 Å². The topological polar surface area (TPSA) is 75.7 Å². The number of carbonyl (C=O) groups is 3. The van der Waals surface area contributed by atoms with E-state index in [0.717, 1.165) is 30.8 Å². The molecule has 0 bridgehead atoms. The molecule has 7 heteroatoms. The van der Waals surface area contributed by atoms with Gasteiger partial charge in [0.2, 0.25) is 5.91 Å². The summed E-state index contributed by atoms with van der Waals surface area (Å²) >= 11 is 1.43. The number of benzene rings is 1. The minimum absolute atomic E-state index is 0.0905. The number of anilines is 1. The summed E-state index contributed by atoms with van der Waals surface area (Å²) in [4.78, 5) is 39.4. The molecular weight excluding hydrogens is 340 g/mol. The van der Waals surface area contributed by atoms with E-state index in [1.54, 1.807) is 23.1 Å². The molecule has 2 aliphatic heterocycles. The van der Waals surface area contributed by atoms with Crippen LogP contribution in [0.2, 0.25) is 0 Å². The monoisotopic (exact) mass is 362 g/mol. The van der Waals surface area contributed by atoms with Gasteiger partial charge >= 0.3 is 5.97 Å². The number of thioether (sulfide) groups is 1. The van der Waals surface area contributed by atoms with Gasteiger partial charge in [0.1, 0.15) is 0 Å². The minimum atomic E-state index is -0.786. The van der Waals surface area contributed by atoms with E-state index in [0.29, 0.717) is 17.0 Å². The van der Waals surface area contributed by atoms with Crippen LogP contribution < -0.4 is 5.32 Å². The van der Waals surface area contributed by atoms with Gasteiger partial charge in [-0.25, -0.2) is 4.79 Å². The number of rotatable bonds is 4. The molecule has 1 aromatic carbocycles. The fourth-order valence-electron chi connectivity index (χ4n) is 2.98. The van der Waals surface area contributed by atoms with Gasteiger partial charge in [-0.05, 0) is 37.0 Å². The number of fused-ring (bicyclic) bond motifs is 1. The van der Waals surface area contributed by atoms with Crippen molar-refractivity contribution in [1.82, 2.24) is 4.90 Å². The third kappa shape index (κ3) is 3.98. The first-order valence-electron chi connectivity index (χ1n) is 8.52. The summed E-state index contributed by atoms with van der Waals surface area (Å²) in [7, 11) is 0. The van der Waals surface area contributed by atoms with E-state index in [1.165, 1.54) is 11.8 Å². The summed E-state index contributed by atoms with van der Waals surface area (Å²) < 4.78 is 5.54. The van der Waals surface area contributed by atoms with Crippen LogP contribution in [0.25, 0.3) is 0 Å². The SMILES string of the molecule is CC(C)C(OC(=O)c1ccc2c(c1)NC(=O)CS2)C(=O)N1CCCC1. The van der Waals surface area contributed by atoms with Gasteiger partial charge in [0.05, 0.1) is 17.0 Å². The van der Waals surface area contributed by atoms with Crippen molar-refractivity contribution in [2.45, 2.75) is 37.7 Å². The van der Waals surface area contributed by atoms with Crippen LogP contribution in [0, 0.1) is 5.92 Å². The van der Waals surface area contributed by atoms with Gasteiger partial charge < -0.3 is 15.0 Å². The molecule has 134 valence electrons. The summed E-state index contributed by atoms with van der Waals surface area (Å²) in [6, 6.07) is 5.07. The van der Waals surface area contributed by atoms with Crippen molar-refractivity contribution in [2.75, 3.05) is 24.2 Å². The number of hydrogen-bond acceptors (Lipinski definition) is 5. The Morgan fingerprint density at radius 2 is 1.96 bits per heavy atom. The predicted octanol–water partition coefficient (Wildman–Crippen LogP) is 2.53. The number of nitrogens with zero attached hydrogens (tertiary/aromatic N) is 1. The van der Waals surface area contributed by atoms with Crippen molar-refractivity contribution in [3.63, 3.8) is 0 Å². The normalized spacial score (nSPS) is 17.9. The molecule has 3 rings (SSSR count). The van der Waals surface area contributed by atoms with Crippen molar-refractivity contribution >= 4 is 35.2 Å². The van der Waals surface area contributed by atoms with Gasteiger partial charge in [0, 0.05) is 18.0 Å².